The molecule has 1 heterocycles. The average Bonchev–Trinajstić information content (AvgIpc) is 2.70. The summed E-state index contributed by atoms with van der Waals surface area (Å²) in [5, 5.41) is 0. The molecule has 1 unspecified atom stereocenters. The van der Waals surface area contributed by atoms with Crippen LogP contribution in [0, 0.1) is 13.8 Å². The van der Waals surface area contributed by atoms with E-state index in [0.29, 0.717) is 6.54 Å². The van der Waals surface area contributed by atoms with Gasteiger partial charge >= 0.3 is 5.69 Å². The quantitative estimate of drug-likeness (QED) is 0.930. The largest absolute Gasteiger partial charge is 0.328 e. The lowest BCUT2D eigenvalue weighted by atomic mass is 10.00. The average molecular weight is 273 g/mol. The molecular weight excluding hydrogens is 250 g/mol. The van der Waals surface area contributed by atoms with Crippen LogP contribution < -0.4 is 11.4 Å². The molecule has 0 fully saturated rings. The lowest BCUT2D eigenvalue weighted by molar-refractivity contribution is 0.519. The van der Waals surface area contributed by atoms with Crippen molar-refractivity contribution in [1.82, 2.24) is 9.13 Å². The van der Waals surface area contributed by atoms with Gasteiger partial charge in [-0.25, -0.2) is 4.79 Å². The molecule has 0 bridgehead atoms. The van der Waals surface area contributed by atoms with Crippen LogP contribution in [0.25, 0.3) is 0 Å². The molecule has 1 aromatic carbocycles. The van der Waals surface area contributed by atoms with E-state index in [-0.39, 0.29) is 17.8 Å². The van der Waals surface area contributed by atoms with E-state index in [2.05, 4.69) is 32.0 Å². The van der Waals surface area contributed by atoms with Gasteiger partial charge in [-0.2, -0.15) is 0 Å². The minimum atomic E-state index is -0.170. The topological polar surface area (TPSA) is 52.9 Å². The van der Waals surface area contributed by atoms with Crippen molar-refractivity contribution in [3.63, 3.8) is 0 Å². The third-order valence-corrected chi connectivity index (χ3v) is 3.65. The van der Waals surface area contributed by atoms with Crippen LogP contribution in [0.1, 0.15) is 42.6 Å². The van der Waals surface area contributed by atoms with E-state index in [0.717, 1.165) is 5.56 Å². The van der Waals surface area contributed by atoms with E-state index < -0.39 is 0 Å². The van der Waals surface area contributed by atoms with Crippen LogP contribution in [0.2, 0.25) is 0 Å². The highest BCUT2D eigenvalue weighted by atomic mass is 16.1. The highest BCUT2D eigenvalue weighted by Gasteiger charge is 2.13. The molecule has 0 aliphatic carbocycles. The third-order valence-electron chi connectivity index (χ3n) is 3.65. The first-order chi connectivity index (χ1) is 9.40. The van der Waals surface area contributed by atoms with E-state index in [1.165, 1.54) is 11.1 Å². The van der Waals surface area contributed by atoms with Gasteiger partial charge in [0.15, 0.2) is 0 Å². The Kier molecular flexibility index (Phi) is 4.14. The first kappa shape index (κ1) is 14.6. The number of imidazole rings is 1. The molecule has 1 aromatic heterocycles. The molecule has 2 rings (SSSR count). The SMILES string of the molecule is Cc1ccc(C(N)Cn2ccn(C(C)C)c2=O)c(C)c1. The molecule has 4 nitrogen and oxygen atoms in total. The van der Waals surface area contributed by atoms with E-state index in [4.69, 9.17) is 5.73 Å². The highest BCUT2D eigenvalue weighted by molar-refractivity contribution is 5.32. The molecule has 0 saturated heterocycles. The predicted octanol–water partition coefficient (Wildman–Crippen LogP) is 2.55. The summed E-state index contributed by atoms with van der Waals surface area (Å²) >= 11 is 0. The zero-order valence-corrected chi connectivity index (χ0v) is 12.6. The summed E-state index contributed by atoms with van der Waals surface area (Å²) in [4.78, 5) is 12.2. The van der Waals surface area contributed by atoms with Crippen molar-refractivity contribution in [3.05, 3.63) is 57.8 Å². The minimum absolute atomic E-state index is 0.000199. The number of hydrogen-bond donors (Lipinski definition) is 1. The Bertz CT molecular complexity index is 652. The number of hydrogen-bond acceptors (Lipinski definition) is 2. The van der Waals surface area contributed by atoms with Crippen molar-refractivity contribution < 1.29 is 0 Å². The second-order valence-electron chi connectivity index (χ2n) is 5.70. The molecule has 2 aromatic rings. The number of nitrogens with two attached hydrogens (primary N) is 1. The van der Waals surface area contributed by atoms with E-state index in [1.54, 1.807) is 9.13 Å². The molecule has 4 heteroatoms. The molecule has 2 N–H and O–H groups in total. The van der Waals surface area contributed by atoms with Gasteiger partial charge < -0.3 is 5.73 Å². The van der Waals surface area contributed by atoms with E-state index in [1.807, 2.05) is 26.2 Å². The van der Waals surface area contributed by atoms with Crippen LogP contribution in [-0.4, -0.2) is 9.13 Å². The highest BCUT2D eigenvalue weighted by Crippen LogP contribution is 2.18. The van der Waals surface area contributed by atoms with Crippen molar-refractivity contribution in [2.75, 3.05) is 0 Å². The van der Waals surface area contributed by atoms with Gasteiger partial charge in [0.05, 0.1) is 0 Å². The Balaban J connectivity index is 2.24. The molecule has 0 aliphatic rings. The molecule has 0 amide bonds. The fourth-order valence-corrected chi connectivity index (χ4v) is 2.51. The van der Waals surface area contributed by atoms with Gasteiger partial charge in [0.25, 0.3) is 0 Å². The Labute approximate surface area is 119 Å². The number of aryl methyl sites for hydroxylation is 2. The molecule has 0 radical (unpaired) electrons. The number of benzene rings is 1. The molecule has 108 valence electrons. The van der Waals surface area contributed by atoms with Crippen LogP contribution in [-0.2, 0) is 6.54 Å². The third kappa shape index (κ3) is 2.85. The van der Waals surface area contributed by atoms with Gasteiger partial charge in [-0.15, -0.1) is 0 Å². The molecule has 20 heavy (non-hydrogen) atoms. The molecular formula is C16H23N3O. The Morgan fingerprint density at radius 3 is 2.45 bits per heavy atom. The lowest BCUT2D eigenvalue weighted by Gasteiger charge is -2.15. The summed E-state index contributed by atoms with van der Waals surface area (Å²) < 4.78 is 3.40. The fraction of sp³-hybridized carbons (Fsp3) is 0.438. The summed E-state index contributed by atoms with van der Waals surface area (Å²) in [5.41, 5.74) is 9.76. The van der Waals surface area contributed by atoms with Crippen LogP contribution in [0.5, 0.6) is 0 Å². The van der Waals surface area contributed by atoms with E-state index in [9.17, 15) is 4.79 Å². The van der Waals surface area contributed by atoms with Gasteiger partial charge in [0.1, 0.15) is 0 Å². The summed E-state index contributed by atoms with van der Waals surface area (Å²) in [6, 6.07) is 6.24. The van der Waals surface area contributed by atoms with Crippen molar-refractivity contribution in [1.29, 1.82) is 0 Å². The maximum absolute atomic E-state index is 12.2. The van der Waals surface area contributed by atoms with Gasteiger partial charge in [-0.3, -0.25) is 9.13 Å². The first-order valence-electron chi connectivity index (χ1n) is 7.00. The van der Waals surface area contributed by atoms with Crippen LogP contribution in [0.4, 0.5) is 0 Å². The van der Waals surface area contributed by atoms with Gasteiger partial charge in [0.2, 0.25) is 0 Å². The lowest BCUT2D eigenvalue weighted by Crippen LogP contribution is -2.29. The normalized spacial score (nSPS) is 12.9. The maximum Gasteiger partial charge on any atom is 0.328 e. The standard InChI is InChI=1S/C16H23N3O/c1-11(2)19-8-7-18(16(19)20)10-15(17)14-6-5-12(3)9-13(14)4/h5-9,11,15H,10,17H2,1-4H3. The van der Waals surface area contributed by atoms with Crippen molar-refractivity contribution >= 4 is 0 Å². The molecule has 0 aliphatic heterocycles. The zero-order chi connectivity index (χ0) is 14.9. The Morgan fingerprint density at radius 2 is 1.90 bits per heavy atom. The Hall–Kier alpha value is -1.81. The number of aromatic nitrogens is 2. The first-order valence-corrected chi connectivity index (χ1v) is 7.00. The molecule has 1 atom stereocenters. The van der Waals surface area contributed by atoms with E-state index >= 15 is 0 Å². The molecule has 0 saturated carbocycles. The molecule has 0 spiro atoms. The van der Waals surface area contributed by atoms with Crippen LogP contribution in [0.15, 0.2) is 35.4 Å². The summed E-state index contributed by atoms with van der Waals surface area (Å²) in [6.07, 6.45) is 3.63. The number of rotatable bonds is 4. The van der Waals surface area contributed by atoms with Crippen LogP contribution in [0.3, 0.4) is 0 Å². The fourth-order valence-electron chi connectivity index (χ4n) is 2.51. The second kappa shape index (κ2) is 5.67. The minimum Gasteiger partial charge on any atom is -0.322 e. The van der Waals surface area contributed by atoms with Gasteiger partial charge in [-0.1, -0.05) is 23.8 Å². The van der Waals surface area contributed by atoms with Crippen molar-refractivity contribution in [3.8, 4) is 0 Å². The Morgan fingerprint density at radius 1 is 1.20 bits per heavy atom. The zero-order valence-electron chi connectivity index (χ0n) is 12.6. The van der Waals surface area contributed by atoms with Crippen molar-refractivity contribution in [2.24, 2.45) is 5.73 Å². The summed E-state index contributed by atoms with van der Waals surface area (Å²) in [7, 11) is 0. The van der Waals surface area contributed by atoms with Crippen molar-refractivity contribution in [2.45, 2.75) is 46.3 Å². The second-order valence-corrected chi connectivity index (χ2v) is 5.70. The summed E-state index contributed by atoms with van der Waals surface area (Å²) in [6.45, 7) is 8.62. The maximum atomic E-state index is 12.2. The summed E-state index contributed by atoms with van der Waals surface area (Å²) in [5.74, 6) is 0. The smallest absolute Gasteiger partial charge is 0.322 e. The number of nitrogens with zero attached hydrogens (tertiary/aromatic N) is 2. The van der Waals surface area contributed by atoms with Gasteiger partial charge in [0, 0.05) is 31.0 Å². The van der Waals surface area contributed by atoms with Gasteiger partial charge in [-0.05, 0) is 38.8 Å². The van der Waals surface area contributed by atoms with Crippen LogP contribution >= 0.6 is 0 Å². The monoisotopic (exact) mass is 273 g/mol. The predicted molar refractivity (Wildman–Crippen MR) is 81.9 cm³/mol.